The molecule has 4 aromatic carbocycles. The van der Waals surface area contributed by atoms with Crippen molar-refractivity contribution < 1.29 is 38.7 Å². The zero-order chi connectivity index (χ0) is 31.8. The molecular weight excluding hydrogens is 635 g/mol. The Kier molecular flexibility index (Phi) is 12.0. The zero-order valence-corrected chi connectivity index (χ0v) is 26.6. The second-order valence-electron chi connectivity index (χ2n) is 10.3. The SMILES string of the molecule is COc1ccc(C(=O)c2ccccc2O)c(O)c1.Cl.O=C(COc1ccc(Cl)cc1)N1CCN(Cc2ccc3c(c2)OCO3)CC1. The van der Waals surface area contributed by atoms with E-state index in [4.69, 9.17) is 30.5 Å². The van der Waals surface area contributed by atoms with Crippen LogP contribution in [0.3, 0.4) is 0 Å². The molecule has 2 aliphatic heterocycles. The molecule has 0 unspecified atom stereocenters. The number of carbonyl (C=O) groups excluding carboxylic acids is 2. The third-order valence-electron chi connectivity index (χ3n) is 7.34. The van der Waals surface area contributed by atoms with Gasteiger partial charge in [-0.25, -0.2) is 0 Å². The largest absolute Gasteiger partial charge is 0.507 e. The fraction of sp³-hybridized carbons (Fsp3) is 0.235. The van der Waals surface area contributed by atoms with E-state index in [1.165, 1.54) is 36.9 Å². The highest BCUT2D eigenvalue weighted by Gasteiger charge is 2.22. The van der Waals surface area contributed by atoms with Crippen LogP contribution >= 0.6 is 24.0 Å². The number of piperazine rings is 1. The van der Waals surface area contributed by atoms with E-state index in [-0.39, 0.29) is 54.3 Å². The molecule has 1 fully saturated rings. The van der Waals surface area contributed by atoms with E-state index in [0.717, 1.165) is 31.1 Å². The number of amides is 1. The van der Waals surface area contributed by atoms with Gasteiger partial charge in [-0.05, 0) is 66.2 Å². The average molecular weight is 670 g/mol. The summed E-state index contributed by atoms with van der Waals surface area (Å²) in [4.78, 5) is 28.7. The van der Waals surface area contributed by atoms with Crippen LogP contribution in [0.2, 0.25) is 5.02 Å². The van der Waals surface area contributed by atoms with E-state index >= 15 is 0 Å². The Labute approximate surface area is 278 Å². The van der Waals surface area contributed by atoms with Gasteiger partial charge in [-0.2, -0.15) is 0 Å². The Morgan fingerprint density at radius 3 is 2.17 bits per heavy atom. The van der Waals surface area contributed by atoms with Crippen LogP contribution in [0.1, 0.15) is 21.5 Å². The average Bonchev–Trinajstić information content (AvgIpc) is 3.53. The highest BCUT2D eigenvalue weighted by molar-refractivity contribution is 6.30. The zero-order valence-electron chi connectivity index (χ0n) is 25.1. The van der Waals surface area contributed by atoms with Crippen LogP contribution in [-0.2, 0) is 11.3 Å². The number of hydrogen-bond donors (Lipinski definition) is 2. The molecule has 242 valence electrons. The first-order valence-electron chi connectivity index (χ1n) is 14.3. The number of carbonyl (C=O) groups is 2. The molecule has 10 nitrogen and oxygen atoms in total. The molecule has 2 heterocycles. The lowest BCUT2D eigenvalue weighted by molar-refractivity contribution is -0.135. The number of hydrogen-bond acceptors (Lipinski definition) is 9. The fourth-order valence-electron chi connectivity index (χ4n) is 4.86. The second kappa shape index (κ2) is 16.1. The van der Waals surface area contributed by atoms with Crippen LogP contribution in [0.4, 0.5) is 0 Å². The minimum atomic E-state index is -0.437. The first-order valence-corrected chi connectivity index (χ1v) is 14.6. The predicted octanol–water partition coefficient (Wildman–Crippen LogP) is 5.55. The van der Waals surface area contributed by atoms with E-state index in [1.54, 1.807) is 42.5 Å². The lowest BCUT2D eigenvalue weighted by Gasteiger charge is -2.34. The van der Waals surface area contributed by atoms with E-state index in [2.05, 4.69) is 11.0 Å². The summed E-state index contributed by atoms with van der Waals surface area (Å²) in [5, 5.41) is 20.0. The summed E-state index contributed by atoms with van der Waals surface area (Å²) in [6.07, 6.45) is 0. The van der Waals surface area contributed by atoms with Gasteiger partial charge < -0.3 is 34.1 Å². The summed E-state index contributed by atoms with van der Waals surface area (Å²) < 4.78 is 21.3. The summed E-state index contributed by atoms with van der Waals surface area (Å²) in [7, 11) is 1.47. The molecule has 1 amide bonds. The third-order valence-corrected chi connectivity index (χ3v) is 7.59. The van der Waals surface area contributed by atoms with Crippen molar-refractivity contribution in [3.8, 4) is 34.5 Å². The summed E-state index contributed by atoms with van der Waals surface area (Å²) in [5.41, 5.74) is 1.46. The van der Waals surface area contributed by atoms with Gasteiger partial charge in [-0.1, -0.05) is 29.8 Å². The van der Waals surface area contributed by atoms with Gasteiger partial charge >= 0.3 is 0 Å². The molecule has 0 radical (unpaired) electrons. The molecule has 0 aliphatic carbocycles. The van der Waals surface area contributed by atoms with Crippen molar-refractivity contribution in [3.63, 3.8) is 0 Å². The van der Waals surface area contributed by atoms with E-state index in [0.29, 0.717) is 29.6 Å². The van der Waals surface area contributed by atoms with Crippen LogP contribution in [0.25, 0.3) is 0 Å². The van der Waals surface area contributed by atoms with E-state index in [1.807, 2.05) is 17.0 Å². The highest BCUT2D eigenvalue weighted by Crippen LogP contribution is 2.33. The quantitative estimate of drug-likeness (QED) is 0.233. The second-order valence-corrected chi connectivity index (χ2v) is 10.8. The first-order chi connectivity index (χ1) is 21.8. The molecule has 2 N–H and O–H groups in total. The van der Waals surface area contributed by atoms with Gasteiger partial charge in [-0.15, -0.1) is 12.4 Å². The summed E-state index contributed by atoms with van der Waals surface area (Å²) in [6.45, 7) is 4.24. The Balaban J connectivity index is 0.000000221. The van der Waals surface area contributed by atoms with Crippen molar-refractivity contribution in [1.29, 1.82) is 0 Å². The topological polar surface area (TPSA) is 118 Å². The van der Waals surface area contributed by atoms with Crippen molar-refractivity contribution in [2.24, 2.45) is 0 Å². The lowest BCUT2D eigenvalue weighted by Crippen LogP contribution is -2.49. The Hall–Kier alpha value is -4.64. The number of ether oxygens (including phenoxy) is 4. The number of nitrogens with zero attached hydrogens (tertiary/aromatic N) is 2. The molecule has 4 aromatic rings. The highest BCUT2D eigenvalue weighted by atomic mass is 35.5. The van der Waals surface area contributed by atoms with Crippen molar-refractivity contribution in [2.75, 3.05) is 46.7 Å². The minimum Gasteiger partial charge on any atom is -0.507 e. The van der Waals surface area contributed by atoms with Crippen LogP contribution in [-0.4, -0.2) is 78.4 Å². The smallest absolute Gasteiger partial charge is 0.260 e. The maximum absolute atomic E-state index is 12.4. The molecule has 2 aliphatic rings. The van der Waals surface area contributed by atoms with Crippen LogP contribution in [0, 0.1) is 0 Å². The molecule has 6 rings (SSSR count). The van der Waals surface area contributed by atoms with Gasteiger partial charge in [0.05, 0.1) is 18.2 Å². The lowest BCUT2D eigenvalue weighted by atomic mass is 10.0. The standard InChI is InChI=1S/C20H21ClN2O4.C14H12O4.ClH/c21-16-2-4-17(5-3-16)25-13-20(24)23-9-7-22(8-10-23)12-15-1-6-18-19(11-15)27-14-26-18;1-18-9-6-7-11(13(16)8-9)14(17)10-4-2-3-5-12(10)15;/h1-6,11H,7-10,12-14H2;2-8,15-16H,1H3;1H. The minimum absolute atomic E-state index is 0. The molecule has 0 atom stereocenters. The number of phenolic OH excluding ortho intramolecular Hbond substituents is 2. The van der Waals surface area contributed by atoms with Gasteiger partial charge in [0.1, 0.15) is 23.0 Å². The van der Waals surface area contributed by atoms with Gasteiger partial charge in [0.15, 0.2) is 23.9 Å². The van der Waals surface area contributed by atoms with Crippen LogP contribution in [0.5, 0.6) is 34.5 Å². The summed E-state index contributed by atoms with van der Waals surface area (Å²) >= 11 is 5.85. The molecule has 0 saturated carbocycles. The number of fused-ring (bicyclic) bond motifs is 1. The van der Waals surface area contributed by atoms with Crippen molar-refractivity contribution in [1.82, 2.24) is 9.80 Å². The maximum atomic E-state index is 12.4. The Bertz CT molecular complexity index is 1640. The van der Waals surface area contributed by atoms with E-state index in [9.17, 15) is 19.8 Å². The molecular formula is C34H34Cl2N2O8. The van der Waals surface area contributed by atoms with Crippen LogP contribution in [0.15, 0.2) is 84.9 Å². The van der Waals surface area contributed by atoms with Crippen LogP contribution < -0.4 is 18.9 Å². The maximum Gasteiger partial charge on any atom is 0.260 e. The van der Waals surface area contributed by atoms with Gasteiger partial charge in [-0.3, -0.25) is 14.5 Å². The van der Waals surface area contributed by atoms with Gasteiger partial charge in [0.2, 0.25) is 6.79 Å². The number of benzene rings is 4. The summed E-state index contributed by atoms with van der Waals surface area (Å²) in [6, 6.07) is 23.6. The normalized spacial score (nSPS) is 13.6. The molecule has 46 heavy (non-hydrogen) atoms. The van der Waals surface area contributed by atoms with Gasteiger partial charge in [0, 0.05) is 43.8 Å². The fourth-order valence-corrected chi connectivity index (χ4v) is 4.99. The number of para-hydroxylation sites is 1. The number of rotatable bonds is 8. The first kappa shape index (κ1) is 34.2. The molecule has 12 heteroatoms. The van der Waals surface area contributed by atoms with Crippen molar-refractivity contribution in [3.05, 3.63) is 107 Å². The Morgan fingerprint density at radius 1 is 0.804 bits per heavy atom. The molecule has 0 spiro atoms. The monoisotopic (exact) mass is 668 g/mol. The molecule has 0 aromatic heterocycles. The van der Waals surface area contributed by atoms with E-state index < -0.39 is 5.78 Å². The predicted molar refractivity (Wildman–Crippen MR) is 175 cm³/mol. The molecule has 1 saturated heterocycles. The number of ketones is 1. The van der Waals surface area contributed by atoms with Gasteiger partial charge in [0.25, 0.3) is 5.91 Å². The summed E-state index contributed by atoms with van der Waals surface area (Å²) in [5.74, 6) is 1.99. The van der Waals surface area contributed by atoms with Crippen molar-refractivity contribution in [2.45, 2.75) is 6.54 Å². The number of halogens is 2. The third kappa shape index (κ3) is 8.75. The van der Waals surface area contributed by atoms with Crippen molar-refractivity contribution >= 4 is 35.7 Å². The number of methoxy groups -OCH3 is 1. The Morgan fingerprint density at radius 2 is 1.48 bits per heavy atom. The number of phenols is 2. The molecule has 0 bridgehead atoms. The number of aromatic hydroxyl groups is 2.